The number of nitrogens with zero attached hydrogens (tertiary/aromatic N) is 1. The molecule has 31 heavy (non-hydrogen) atoms. The van der Waals surface area contributed by atoms with Gasteiger partial charge in [-0.1, -0.05) is 54.6 Å². The zero-order chi connectivity index (χ0) is 22.6. The molecule has 0 aromatic heterocycles. The summed E-state index contributed by atoms with van der Waals surface area (Å²) < 4.78 is 31.5. The maximum Gasteiger partial charge on any atom is 0.251 e. The first-order valence-corrected chi connectivity index (χ1v) is 11.2. The van der Waals surface area contributed by atoms with Crippen LogP contribution in [0.4, 0.5) is 0 Å². The Hall–Kier alpha value is -3.16. The molecule has 7 heteroatoms. The molecular formula is C24H26N2O4S. The van der Waals surface area contributed by atoms with Gasteiger partial charge in [0.2, 0.25) is 10.0 Å². The van der Waals surface area contributed by atoms with Crippen LogP contribution < -0.4 is 10.1 Å². The molecule has 1 N–H and O–H groups in total. The van der Waals surface area contributed by atoms with Crippen LogP contribution in [-0.4, -0.2) is 39.8 Å². The molecule has 1 amide bonds. The molecule has 0 unspecified atom stereocenters. The van der Waals surface area contributed by atoms with Gasteiger partial charge in [0.25, 0.3) is 5.91 Å². The standard InChI is InChI=1S/C24H26N2O4S/c1-17(18-10-12-20(13-11-18)19-8-6-5-7-9-19)25-24(27)21-14-15-22(30-4)23(16-21)31(28,29)26(2)3/h5-17H,1-4H3,(H,25,27)/t17-/m1/s1. The molecule has 0 aliphatic carbocycles. The average Bonchev–Trinajstić information content (AvgIpc) is 2.79. The minimum absolute atomic E-state index is 0.0486. The number of benzene rings is 3. The molecular weight excluding hydrogens is 412 g/mol. The Morgan fingerprint density at radius 1 is 0.935 bits per heavy atom. The second kappa shape index (κ2) is 9.32. The average molecular weight is 439 g/mol. The summed E-state index contributed by atoms with van der Waals surface area (Å²) in [4.78, 5) is 12.8. The molecule has 0 bridgehead atoms. The van der Waals surface area contributed by atoms with Crippen LogP contribution in [0.3, 0.4) is 0 Å². The third-order valence-corrected chi connectivity index (χ3v) is 6.89. The van der Waals surface area contributed by atoms with Crippen molar-refractivity contribution in [1.29, 1.82) is 0 Å². The fourth-order valence-electron chi connectivity index (χ4n) is 3.17. The van der Waals surface area contributed by atoms with Gasteiger partial charge in [-0.15, -0.1) is 0 Å². The Morgan fingerprint density at radius 2 is 1.55 bits per heavy atom. The third kappa shape index (κ3) is 4.95. The van der Waals surface area contributed by atoms with E-state index in [1.807, 2.05) is 61.5 Å². The Balaban J connectivity index is 1.80. The summed E-state index contributed by atoms with van der Waals surface area (Å²) in [7, 11) is 0.501. The lowest BCUT2D eigenvalue weighted by Gasteiger charge is -2.17. The summed E-state index contributed by atoms with van der Waals surface area (Å²) >= 11 is 0. The monoisotopic (exact) mass is 438 g/mol. The summed E-state index contributed by atoms with van der Waals surface area (Å²) in [5.74, 6) is -0.174. The van der Waals surface area contributed by atoms with E-state index in [4.69, 9.17) is 4.74 Å². The van der Waals surface area contributed by atoms with Crippen LogP contribution in [0.5, 0.6) is 5.75 Å². The molecule has 0 heterocycles. The van der Waals surface area contributed by atoms with E-state index in [2.05, 4.69) is 5.32 Å². The molecule has 0 saturated heterocycles. The fraction of sp³-hybridized carbons (Fsp3) is 0.208. The number of nitrogens with one attached hydrogen (secondary N) is 1. The lowest BCUT2D eigenvalue weighted by atomic mass is 10.0. The van der Waals surface area contributed by atoms with Gasteiger partial charge >= 0.3 is 0 Å². The van der Waals surface area contributed by atoms with Gasteiger partial charge in [-0.2, -0.15) is 0 Å². The van der Waals surface area contributed by atoms with Crippen molar-refractivity contribution in [1.82, 2.24) is 9.62 Å². The second-order valence-corrected chi connectivity index (χ2v) is 9.46. The van der Waals surface area contributed by atoms with Crippen LogP contribution in [0.25, 0.3) is 11.1 Å². The Labute approximate surface area is 183 Å². The van der Waals surface area contributed by atoms with Crippen molar-refractivity contribution in [2.45, 2.75) is 17.9 Å². The SMILES string of the molecule is COc1ccc(C(=O)N[C@H](C)c2ccc(-c3ccccc3)cc2)cc1S(=O)(=O)N(C)C. The summed E-state index contributed by atoms with van der Waals surface area (Å²) in [6.45, 7) is 1.89. The van der Waals surface area contributed by atoms with Crippen molar-refractivity contribution in [2.24, 2.45) is 0 Å². The lowest BCUT2D eigenvalue weighted by molar-refractivity contribution is 0.0939. The quantitative estimate of drug-likeness (QED) is 0.603. The van der Waals surface area contributed by atoms with Crippen molar-refractivity contribution in [3.05, 3.63) is 83.9 Å². The van der Waals surface area contributed by atoms with Crippen molar-refractivity contribution in [3.63, 3.8) is 0 Å². The van der Waals surface area contributed by atoms with Gasteiger partial charge < -0.3 is 10.1 Å². The van der Waals surface area contributed by atoms with E-state index in [1.54, 1.807) is 6.07 Å². The molecule has 3 aromatic rings. The highest BCUT2D eigenvalue weighted by atomic mass is 32.2. The van der Waals surface area contributed by atoms with Gasteiger partial charge in [0, 0.05) is 19.7 Å². The fourth-order valence-corrected chi connectivity index (χ4v) is 4.25. The van der Waals surface area contributed by atoms with Gasteiger partial charge in [0.1, 0.15) is 10.6 Å². The van der Waals surface area contributed by atoms with Gasteiger partial charge in [-0.3, -0.25) is 4.79 Å². The first-order chi connectivity index (χ1) is 14.7. The lowest BCUT2D eigenvalue weighted by Crippen LogP contribution is -2.27. The first kappa shape index (κ1) is 22.5. The van der Waals surface area contributed by atoms with E-state index in [-0.39, 0.29) is 28.2 Å². The van der Waals surface area contributed by atoms with Crippen molar-refractivity contribution >= 4 is 15.9 Å². The van der Waals surface area contributed by atoms with Crippen LogP contribution in [-0.2, 0) is 10.0 Å². The summed E-state index contributed by atoms with van der Waals surface area (Å²) in [5, 5.41) is 2.93. The van der Waals surface area contributed by atoms with Gasteiger partial charge in [-0.05, 0) is 41.8 Å². The number of amides is 1. The second-order valence-electron chi connectivity index (χ2n) is 7.34. The van der Waals surface area contributed by atoms with Crippen LogP contribution in [0.2, 0.25) is 0 Å². The molecule has 0 aliphatic rings. The Kier molecular flexibility index (Phi) is 6.77. The molecule has 6 nitrogen and oxygen atoms in total. The summed E-state index contributed by atoms with van der Waals surface area (Å²) in [6.07, 6.45) is 0. The van der Waals surface area contributed by atoms with Gasteiger partial charge in [-0.25, -0.2) is 12.7 Å². The highest BCUT2D eigenvalue weighted by Gasteiger charge is 2.24. The first-order valence-electron chi connectivity index (χ1n) is 9.81. The maximum absolute atomic E-state index is 12.8. The number of carbonyl (C=O) groups excluding carboxylic acids is 1. The zero-order valence-corrected chi connectivity index (χ0v) is 18.8. The minimum atomic E-state index is -3.76. The van der Waals surface area contributed by atoms with E-state index < -0.39 is 10.0 Å². The predicted molar refractivity (Wildman–Crippen MR) is 122 cm³/mol. The molecule has 3 rings (SSSR count). The molecule has 0 saturated carbocycles. The molecule has 0 aliphatic heterocycles. The van der Waals surface area contributed by atoms with E-state index in [9.17, 15) is 13.2 Å². The van der Waals surface area contributed by atoms with Crippen LogP contribution in [0, 0.1) is 0 Å². The van der Waals surface area contributed by atoms with E-state index in [0.29, 0.717) is 0 Å². The van der Waals surface area contributed by atoms with E-state index in [0.717, 1.165) is 21.0 Å². The van der Waals surface area contributed by atoms with Crippen molar-refractivity contribution in [2.75, 3.05) is 21.2 Å². The number of methoxy groups -OCH3 is 1. The van der Waals surface area contributed by atoms with Crippen molar-refractivity contribution < 1.29 is 17.9 Å². The van der Waals surface area contributed by atoms with Gasteiger partial charge in [0.15, 0.2) is 0 Å². The predicted octanol–water partition coefficient (Wildman–Crippen LogP) is 4.10. The topological polar surface area (TPSA) is 75.7 Å². The number of carbonyl (C=O) groups is 1. The van der Waals surface area contributed by atoms with Gasteiger partial charge in [0.05, 0.1) is 13.2 Å². The minimum Gasteiger partial charge on any atom is -0.495 e. The van der Waals surface area contributed by atoms with Crippen LogP contribution in [0.15, 0.2) is 77.7 Å². The molecule has 0 fully saturated rings. The van der Waals surface area contributed by atoms with E-state index >= 15 is 0 Å². The van der Waals surface area contributed by atoms with Crippen LogP contribution in [0.1, 0.15) is 28.9 Å². The Morgan fingerprint density at radius 3 is 2.13 bits per heavy atom. The maximum atomic E-state index is 12.8. The van der Waals surface area contributed by atoms with Crippen LogP contribution >= 0.6 is 0 Å². The highest BCUT2D eigenvalue weighted by molar-refractivity contribution is 7.89. The zero-order valence-electron chi connectivity index (χ0n) is 18.0. The number of ether oxygens (including phenoxy) is 1. The smallest absolute Gasteiger partial charge is 0.251 e. The Bertz CT molecular complexity index is 1160. The third-order valence-electron chi connectivity index (χ3n) is 5.05. The largest absolute Gasteiger partial charge is 0.495 e. The summed E-state index contributed by atoms with van der Waals surface area (Å²) in [5.41, 5.74) is 3.41. The number of hydrogen-bond acceptors (Lipinski definition) is 4. The molecule has 0 spiro atoms. The number of sulfonamides is 1. The molecule has 162 valence electrons. The number of hydrogen-bond donors (Lipinski definition) is 1. The molecule has 1 atom stereocenters. The summed E-state index contributed by atoms with van der Waals surface area (Å²) in [6, 6.07) is 22.2. The highest BCUT2D eigenvalue weighted by Crippen LogP contribution is 2.27. The van der Waals surface area contributed by atoms with Crippen molar-refractivity contribution in [3.8, 4) is 16.9 Å². The molecule has 0 radical (unpaired) electrons. The molecule has 3 aromatic carbocycles. The van der Waals surface area contributed by atoms with E-state index in [1.165, 1.54) is 33.3 Å². The number of rotatable bonds is 7. The normalized spacial score (nSPS) is 12.4.